The quantitative estimate of drug-likeness (QED) is 0.672. The lowest BCUT2D eigenvalue weighted by molar-refractivity contribution is 0.101. The van der Waals surface area contributed by atoms with Crippen molar-refractivity contribution in [3.63, 3.8) is 0 Å². The Balaban J connectivity index is 2.04. The van der Waals surface area contributed by atoms with Gasteiger partial charge in [-0.15, -0.1) is 0 Å². The van der Waals surface area contributed by atoms with Crippen LogP contribution in [0, 0.1) is 6.17 Å². The third-order valence-electron chi connectivity index (χ3n) is 3.60. The molecule has 0 aromatic carbocycles. The van der Waals surface area contributed by atoms with Crippen molar-refractivity contribution in [1.29, 1.82) is 0 Å². The maximum absolute atomic E-state index is 3.46. The molecule has 0 aromatic heterocycles. The molecule has 1 radical (unpaired) electrons. The van der Waals surface area contributed by atoms with Gasteiger partial charge in [-0.3, -0.25) is 9.80 Å². The van der Waals surface area contributed by atoms with Crippen LogP contribution in [0.25, 0.3) is 0 Å². The molecule has 0 aromatic rings. The van der Waals surface area contributed by atoms with Crippen molar-refractivity contribution in [2.45, 2.75) is 38.8 Å². The SMILES string of the molecule is CC1CCC(C)N1[C]1CNCCN1C. The fraction of sp³-hybridized carbons (Fsp3) is 0.909. The van der Waals surface area contributed by atoms with Gasteiger partial charge in [0.1, 0.15) is 6.17 Å². The third-order valence-corrected chi connectivity index (χ3v) is 3.60. The van der Waals surface area contributed by atoms with E-state index in [1.54, 1.807) is 0 Å². The standard InChI is InChI=1S/C11H22N3/c1-9-4-5-10(2)14(9)11-8-12-6-7-13(11)3/h9-10,12H,4-8H2,1-3H3. The number of nitrogens with zero attached hydrogens (tertiary/aromatic N) is 2. The van der Waals surface area contributed by atoms with Gasteiger partial charge in [0.25, 0.3) is 0 Å². The average Bonchev–Trinajstić information content (AvgIpc) is 2.48. The van der Waals surface area contributed by atoms with Gasteiger partial charge in [-0.05, 0) is 33.7 Å². The van der Waals surface area contributed by atoms with Crippen molar-refractivity contribution in [3.8, 4) is 0 Å². The van der Waals surface area contributed by atoms with Gasteiger partial charge in [0, 0.05) is 31.7 Å². The normalized spacial score (nSPS) is 37.9. The van der Waals surface area contributed by atoms with Gasteiger partial charge in [0.15, 0.2) is 0 Å². The molecular formula is C11H22N3. The molecule has 3 heteroatoms. The second kappa shape index (κ2) is 4.17. The van der Waals surface area contributed by atoms with Crippen LogP contribution in [-0.4, -0.2) is 48.6 Å². The number of nitrogens with one attached hydrogen (secondary N) is 1. The predicted octanol–water partition coefficient (Wildman–Crippen LogP) is 0.884. The minimum Gasteiger partial charge on any atom is -0.312 e. The van der Waals surface area contributed by atoms with Crippen LogP contribution >= 0.6 is 0 Å². The predicted molar refractivity (Wildman–Crippen MR) is 58.7 cm³/mol. The van der Waals surface area contributed by atoms with Crippen molar-refractivity contribution in [2.24, 2.45) is 0 Å². The summed E-state index contributed by atoms with van der Waals surface area (Å²) in [6.45, 7) is 8.00. The Hall–Kier alpha value is -0.120. The topological polar surface area (TPSA) is 18.5 Å². The number of likely N-dealkylation sites (N-methyl/N-ethyl adjacent to an activating group) is 1. The first kappa shape index (κ1) is 10.4. The summed E-state index contributed by atoms with van der Waals surface area (Å²) in [5, 5.41) is 3.46. The van der Waals surface area contributed by atoms with E-state index in [0.29, 0.717) is 0 Å². The molecule has 0 spiro atoms. The monoisotopic (exact) mass is 196 g/mol. The van der Waals surface area contributed by atoms with Crippen LogP contribution in [0.4, 0.5) is 0 Å². The average molecular weight is 196 g/mol. The zero-order valence-corrected chi connectivity index (χ0v) is 9.58. The Bertz CT molecular complexity index is 185. The summed E-state index contributed by atoms with van der Waals surface area (Å²) in [5.74, 6) is 0. The van der Waals surface area contributed by atoms with Gasteiger partial charge in [0.05, 0.1) is 0 Å². The van der Waals surface area contributed by atoms with Crippen LogP contribution in [0.5, 0.6) is 0 Å². The van der Waals surface area contributed by atoms with E-state index >= 15 is 0 Å². The Labute approximate surface area is 87.4 Å². The Morgan fingerprint density at radius 2 is 1.86 bits per heavy atom. The van der Waals surface area contributed by atoms with Gasteiger partial charge < -0.3 is 5.32 Å². The molecule has 1 N–H and O–H groups in total. The first-order valence-corrected chi connectivity index (χ1v) is 5.76. The summed E-state index contributed by atoms with van der Waals surface area (Å²) in [6.07, 6.45) is 4.19. The Morgan fingerprint density at radius 3 is 2.43 bits per heavy atom. The molecular weight excluding hydrogens is 174 g/mol. The highest BCUT2D eigenvalue weighted by Crippen LogP contribution is 2.30. The van der Waals surface area contributed by atoms with Crippen molar-refractivity contribution >= 4 is 0 Å². The number of hydrogen-bond acceptors (Lipinski definition) is 3. The van der Waals surface area contributed by atoms with E-state index in [2.05, 4.69) is 36.0 Å². The summed E-state index contributed by atoms with van der Waals surface area (Å²) in [4.78, 5) is 5.01. The maximum atomic E-state index is 3.46. The van der Waals surface area contributed by atoms with Gasteiger partial charge in [-0.2, -0.15) is 0 Å². The van der Waals surface area contributed by atoms with E-state index in [1.807, 2.05) is 0 Å². The maximum Gasteiger partial charge on any atom is 0.121 e. The highest BCUT2D eigenvalue weighted by molar-refractivity contribution is 5.01. The third kappa shape index (κ3) is 1.81. The lowest BCUT2D eigenvalue weighted by atomic mass is 10.2. The molecule has 2 heterocycles. The van der Waals surface area contributed by atoms with E-state index in [4.69, 9.17) is 0 Å². The lowest BCUT2D eigenvalue weighted by Gasteiger charge is -2.42. The smallest absolute Gasteiger partial charge is 0.121 e. The van der Waals surface area contributed by atoms with Crippen molar-refractivity contribution in [1.82, 2.24) is 15.1 Å². The molecule has 0 saturated carbocycles. The van der Waals surface area contributed by atoms with Gasteiger partial charge >= 0.3 is 0 Å². The molecule has 2 saturated heterocycles. The molecule has 0 bridgehead atoms. The van der Waals surface area contributed by atoms with Crippen molar-refractivity contribution in [2.75, 3.05) is 26.7 Å². The van der Waals surface area contributed by atoms with E-state index in [0.717, 1.165) is 31.7 Å². The number of rotatable bonds is 1. The van der Waals surface area contributed by atoms with Crippen molar-refractivity contribution in [3.05, 3.63) is 6.17 Å². The Morgan fingerprint density at radius 1 is 1.21 bits per heavy atom. The molecule has 2 atom stereocenters. The molecule has 2 aliphatic heterocycles. The van der Waals surface area contributed by atoms with E-state index in [-0.39, 0.29) is 0 Å². The lowest BCUT2D eigenvalue weighted by Crippen LogP contribution is -2.54. The first-order valence-electron chi connectivity index (χ1n) is 5.76. The summed E-state index contributed by atoms with van der Waals surface area (Å²) < 4.78 is 0. The second-order valence-corrected chi connectivity index (χ2v) is 4.70. The zero-order chi connectivity index (χ0) is 10.1. The van der Waals surface area contributed by atoms with Crippen molar-refractivity contribution < 1.29 is 0 Å². The molecule has 14 heavy (non-hydrogen) atoms. The highest BCUT2D eigenvalue weighted by Gasteiger charge is 2.36. The number of hydrogen-bond donors (Lipinski definition) is 1. The molecule has 2 rings (SSSR count). The highest BCUT2D eigenvalue weighted by atomic mass is 15.4. The van der Waals surface area contributed by atoms with Crippen LogP contribution in [0.15, 0.2) is 0 Å². The van der Waals surface area contributed by atoms with Crippen LogP contribution < -0.4 is 5.32 Å². The fourth-order valence-corrected chi connectivity index (χ4v) is 2.70. The van der Waals surface area contributed by atoms with Crippen LogP contribution in [0.2, 0.25) is 0 Å². The molecule has 81 valence electrons. The number of piperazine rings is 1. The molecule has 3 nitrogen and oxygen atoms in total. The summed E-state index contributed by atoms with van der Waals surface area (Å²) in [5.41, 5.74) is 0. The van der Waals surface area contributed by atoms with Crippen LogP contribution in [0.1, 0.15) is 26.7 Å². The largest absolute Gasteiger partial charge is 0.312 e. The molecule has 0 amide bonds. The van der Waals surface area contributed by atoms with Crippen LogP contribution in [0.3, 0.4) is 0 Å². The summed E-state index contributed by atoms with van der Waals surface area (Å²) >= 11 is 0. The van der Waals surface area contributed by atoms with Gasteiger partial charge in [-0.1, -0.05) is 0 Å². The minimum atomic E-state index is 0.724. The van der Waals surface area contributed by atoms with E-state index in [1.165, 1.54) is 19.0 Å². The molecule has 0 aliphatic carbocycles. The van der Waals surface area contributed by atoms with E-state index < -0.39 is 0 Å². The molecule has 2 fully saturated rings. The molecule has 2 aliphatic rings. The van der Waals surface area contributed by atoms with Crippen LogP contribution in [-0.2, 0) is 0 Å². The fourth-order valence-electron chi connectivity index (χ4n) is 2.70. The number of likely N-dealkylation sites (tertiary alicyclic amines) is 1. The Kier molecular flexibility index (Phi) is 3.10. The first-order chi connectivity index (χ1) is 6.70. The zero-order valence-electron chi connectivity index (χ0n) is 9.58. The molecule has 2 unspecified atom stereocenters. The minimum absolute atomic E-state index is 0.724. The summed E-state index contributed by atoms with van der Waals surface area (Å²) in [6, 6.07) is 1.45. The van der Waals surface area contributed by atoms with E-state index in [9.17, 15) is 0 Å². The summed E-state index contributed by atoms with van der Waals surface area (Å²) in [7, 11) is 2.22. The van der Waals surface area contributed by atoms with Gasteiger partial charge in [0.2, 0.25) is 0 Å². The second-order valence-electron chi connectivity index (χ2n) is 4.70. The van der Waals surface area contributed by atoms with Gasteiger partial charge in [-0.25, -0.2) is 0 Å².